The predicted octanol–water partition coefficient (Wildman–Crippen LogP) is 4.14. The molecule has 124 valence electrons. The fourth-order valence-corrected chi connectivity index (χ4v) is 2.33. The second-order valence-corrected chi connectivity index (χ2v) is 6.76. The summed E-state index contributed by atoms with van der Waals surface area (Å²) in [4.78, 5) is 13.8. The number of allylic oxidation sites excluding steroid dienone is 2. The molecule has 1 amide bonds. The van der Waals surface area contributed by atoms with Gasteiger partial charge >= 0.3 is 6.09 Å². The van der Waals surface area contributed by atoms with E-state index in [4.69, 9.17) is 10.5 Å². The highest BCUT2D eigenvalue weighted by Gasteiger charge is 2.24. The van der Waals surface area contributed by atoms with Crippen LogP contribution >= 0.6 is 0 Å². The molecule has 0 aromatic heterocycles. The van der Waals surface area contributed by atoms with Gasteiger partial charge in [0.15, 0.2) is 0 Å². The summed E-state index contributed by atoms with van der Waals surface area (Å²) in [6, 6.07) is 0. The lowest BCUT2D eigenvalue weighted by atomic mass is 9.95. The van der Waals surface area contributed by atoms with Gasteiger partial charge in [0, 0.05) is 25.2 Å². The minimum atomic E-state index is -0.454. The van der Waals surface area contributed by atoms with Crippen LogP contribution in [0.5, 0.6) is 0 Å². The van der Waals surface area contributed by atoms with Crippen molar-refractivity contribution in [2.45, 2.75) is 59.0 Å². The second-order valence-electron chi connectivity index (χ2n) is 6.76. The van der Waals surface area contributed by atoms with Crippen molar-refractivity contribution in [3.8, 4) is 0 Å². The molecule has 1 aliphatic rings. The van der Waals surface area contributed by atoms with Crippen molar-refractivity contribution < 1.29 is 9.53 Å². The van der Waals surface area contributed by atoms with Crippen LogP contribution in [0.1, 0.15) is 53.4 Å². The topological polar surface area (TPSA) is 55.6 Å². The third-order valence-corrected chi connectivity index (χ3v) is 3.37. The number of ether oxygens (including phenoxy) is 1. The number of hydrogen-bond acceptors (Lipinski definition) is 3. The van der Waals surface area contributed by atoms with E-state index < -0.39 is 5.60 Å². The van der Waals surface area contributed by atoms with Gasteiger partial charge in [-0.25, -0.2) is 4.79 Å². The highest BCUT2D eigenvalue weighted by atomic mass is 16.6. The zero-order chi connectivity index (χ0) is 16.8. The maximum absolute atomic E-state index is 12.1. The minimum absolute atomic E-state index is 0.245. The molecule has 22 heavy (non-hydrogen) atoms. The Morgan fingerprint density at radius 3 is 2.64 bits per heavy atom. The Labute approximate surface area is 134 Å². The summed E-state index contributed by atoms with van der Waals surface area (Å²) in [6.07, 6.45) is 7.80. The standard InChI is InChI=1S/C18H30N2O2/c1-6-7-8-16(13-14(2)19)15-9-11-20(12-10-15)17(21)22-18(3,4)5/h8-9H,2,6-7,10-13,19H2,1,3-5H3/b16-8+. The van der Waals surface area contributed by atoms with Gasteiger partial charge in [-0.05, 0) is 44.8 Å². The van der Waals surface area contributed by atoms with Crippen LogP contribution in [-0.2, 0) is 4.74 Å². The summed E-state index contributed by atoms with van der Waals surface area (Å²) < 4.78 is 5.41. The molecule has 0 radical (unpaired) electrons. The van der Waals surface area contributed by atoms with Gasteiger partial charge in [-0.2, -0.15) is 0 Å². The summed E-state index contributed by atoms with van der Waals surface area (Å²) in [5.41, 5.74) is 8.52. The molecule has 2 N–H and O–H groups in total. The van der Waals surface area contributed by atoms with Gasteiger partial charge in [0.2, 0.25) is 0 Å². The zero-order valence-electron chi connectivity index (χ0n) is 14.4. The molecule has 0 fully saturated rings. The number of nitrogens with zero attached hydrogens (tertiary/aromatic N) is 1. The quantitative estimate of drug-likeness (QED) is 0.830. The van der Waals surface area contributed by atoms with E-state index in [-0.39, 0.29) is 6.09 Å². The first-order chi connectivity index (χ1) is 10.2. The average Bonchev–Trinajstić information content (AvgIpc) is 2.41. The first-order valence-electron chi connectivity index (χ1n) is 8.02. The minimum Gasteiger partial charge on any atom is -0.444 e. The fourth-order valence-electron chi connectivity index (χ4n) is 2.33. The summed E-state index contributed by atoms with van der Waals surface area (Å²) in [6.45, 7) is 12.9. The van der Waals surface area contributed by atoms with Gasteiger partial charge in [-0.15, -0.1) is 0 Å². The summed E-state index contributed by atoms with van der Waals surface area (Å²) in [5.74, 6) is 0. The van der Waals surface area contributed by atoms with Crippen LogP contribution in [0.2, 0.25) is 0 Å². The van der Waals surface area contributed by atoms with E-state index >= 15 is 0 Å². The lowest BCUT2D eigenvalue weighted by Gasteiger charge is -2.30. The molecule has 0 aromatic rings. The fraction of sp³-hybridized carbons (Fsp3) is 0.611. The molecular weight excluding hydrogens is 276 g/mol. The molecule has 0 atom stereocenters. The van der Waals surface area contributed by atoms with E-state index in [9.17, 15) is 4.79 Å². The Kier molecular flexibility index (Phi) is 6.72. The van der Waals surface area contributed by atoms with Gasteiger partial charge < -0.3 is 15.4 Å². The first-order valence-corrected chi connectivity index (χ1v) is 8.02. The number of nitrogens with two attached hydrogens (primary N) is 1. The van der Waals surface area contributed by atoms with Crippen LogP contribution < -0.4 is 5.73 Å². The van der Waals surface area contributed by atoms with Crippen molar-refractivity contribution in [1.29, 1.82) is 0 Å². The number of carbonyl (C=O) groups excluding carboxylic acids is 1. The normalized spacial score (nSPS) is 16.3. The molecule has 0 saturated carbocycles. The lowest BCUT2D eigenvalue weighted by Crippen LogP contribution is -2.39. The highest BCUT2D eigenvalue weighted by Crippen LogP contribution is 2.25. The first kappa shape index (κ1) is 18.3. The molecule has 1 rings (SSSR count). The van der Waals surface area contributed by atoms with E-state index in [1.54, 1.807) is 4.90 Å². The van der Waals surface area contributed by atoms with Gasteiger partial charge in [0.05, 0.1) is 0 Å². The van der Waals surface area contributed by atoms with E-state index in [2.05, 4.69) is 25.7 Å². The number of amides is 1. The summed E-state index contributed by atoms with van der Waals surface area (Å²) in [5, 5.41) is 0. The van der Waals surface area contributed by atoms with Crippen molar-refractivity contribution in [3.05, 3.63) is 35.6 Å². The van der Waals surface area contributed by atoms with Gasteiger partial charge in [-0.1, -0.05) is 32.1 Å². The average molecular weight is 306 g/mol. The van der Waals surface area contributed by atoms with Crippen LogP contribution in [0.25, 0.3) is 0 Å². The Morgan fingerprint density at radius 2 is 2.18 bits per heavy atom. The highest BCUT2D eigenvalue weighted by molar-refractivity contribution is 5.68. The van der Waals surface area contributed by atoms with Crippen molar-refractivity contribution in [2.24, 2.45) is 5.73 Å². The molecule has 4 nitrogen and oxygen atoms in total. The van der Waals surface area contributed by atoms with Gasteiger partial charge in [0.1, 0.15) is 5.60 Å². The van der Waals surface area contributed by atoms with E-state index in [0.717, 1.165) is 19.3 Å². The Balaban J connectivity index is 2.72. The third kappa shape index (κ3) is 6.37. The number of unbranched alkanes of at least 4 members (excludes halogenated alkanes) is 1. The Hall–Kier alpha value is -1.71. The van der Waals surface area contributed by atoms with Crippen LogP contribution in [0.4, 0.5) is 4.79 Å². The Bertz CT molecular complexity index is 470. The molecule has 0 aliphatic carbocycles. The van der Waals surface area contributed by atoms with E-state index in [0.29, 0.717) is 25.2 Å². The maximum atomic E-state index is 12.1. The van der Waals surface area contributed by atoms with E-state index in [1.807, 2.05) is 20.8 Å². The molecule has 0 aromatic carbocycles. The largest absolute Gasteiger partial charge is 0.444 e. The zero-order valence-corrected chi connectivity index (χ0v) is 14.4. The molecular formula is C18H30N2O2. The summed E-state index contributed by atoms with van der Waals surface area (Å²) >= 11 is 0. The second kappa shape index (κ2) is 8.06. The molecule has 1 aliphatic heterocycles. The maximum Gasteiger partial charge on any atom is 0.410 e. The van der Waals surface area contributed by atoms with Crippen LogP contribution in [-0.4, -0.2) is 29.7 Å². The predicted molar refractivity (Wildman–Crippen MR) is 91.4 cm³/mol. The number of hydrogen-bond donors (Lipinski definition) is 1. The molecule has 0 unspecified atom stereocenters. The van der Waals surface area contributed by atoms with Crippen molar-refractivity contribution in [2.75, 3.05) is 13.1 Å². The molecule has 0 bridgehead atoms. The molecule has 0 spiro atoms. The van der Waals surface area contributed by atoms with Crippen molar-refractivity contribution in [3.63, 3.8) is 0 Å². The van der Waals surface area contributed by atoms with E-state index in [1.165, 1.54) is 11.1 Å². The monoisotopic (exact) mass is 306 g/mol. The molecule has 4 heteroatoms. The van der Waals surface area contributed by atoms with Crippen LogP contribution in [0.15, 0.2) is 35.6 Å². The SMILES string of the molecule is C=C(N)C/C(=C\CCC)C1=CCN(C(=O)OC(C)(C)C)CC1. The smallest absolute Gasteiger partial charge is 0.410 e. The lowest BCUT2D eigenvalue weighted by molar-refractivity contribution is 0.0266. The number of rotatable bonds is 5. The number of carbonyl (C=O) groups is 1. The summed E-state index contributed by atoms with van der Waals surface area (Å²) in [7, 11) is 0. The van der Waals surface area contributed by atoms with Crippen LogP contribution in [0.3, 0.4) is 0 Å². The molecule has 0 saturated heterocycles. The van der Waals surface area contributed by atoms with Crippen molar-refractivity contribution in [1.82, 2.24) is 4.90 Å². The Morgan fingerprint density at radius 1 is 1.50 bits per heavy atom. The van der Waals surface area contributed by atoms with Gasteiger partial charge in [0.25, 0.3) is 0 Å². The van der Waals surface area contributed by atoms with Crippen molar-refractivity contribution >= 4 is 6.09 Å². The third-order valence-electron chi connectivity index (χ3n) is 3.37. The van der Waals surface area contributed by atoms with Crippen LogP contribution in [0, 0.1) is 0 Å². The molecule has 1 heterocycles. The van der Waals surface area contributed by atoms with Gasteiger partial charge in [-0.3, -0.25) is 0 Å².